The molecule has 1 aromatic carbocycles. The topological polar surface area (TPSA) is 72.3 Å². The molecule has 0 aliphatic carbocycles. The number of hydrogen-bond acceptors (Lipinski definition) is 3. The Hall–Kier alpha value is -0.740. The van der Waals surface area contributed by atoms with Gasteiger partial charge in [-0.15, -0.1) is 0 Å². The van der Waals surface area contributed by atoms with E-state index in [1.165, 1.54) is 0 Å². The molecule has 66 valence electrons. The third kappa shape index (κ3) is 1.54. The maximum atomic E-state index is 9.51. The van der Waals surface area contributed by atoms with Crippen molar-refractivity contribution in [3.63, 3.8) is 0 Å². The van der Waals surface area contributed by atoms with Gasteiger partial charge in [0.15, 0.2) is 0 Å². The molecular formula is C8H11BrN2O. The molecule has 0 aliphatic rings. The fourth-order valence-corrected chi connectivity index (χ4v) is 1.71. The van der Waals surface area contributed by atoms with E-state index in [0.29, 0.717) is 11.3 Å². The van der Waals surface area contributed by atoms with Crippen molar-refractivity contribution in [2.75, 3.05) is 5.73 Å². The van der Waals surface area contributed by atoms with E-state index in [4.69, 9.17) is 11.5 Å². The van der Waals surface area contributed by atoms with Gasteiger partial charge in [0.25, 0.3) is 0 Å². The van der Waals surface area contributed by atoms with Gasteiger partial charge in [0.05, 0.1) is 5.69 Å². The van der Waals surface area contributed by atoms with Gasteiger partial charge in [-0.05, 0) is 19.1 Å². The van der Waals surface area contributed by atoms with Crippen molar-refractivity contribution in [1.82, 2.24) is 0 Å². The van der Waals surface area contributed by atoms with Crippen LogP contribution in [-0.4, -0.2) is 5.11 Å². The fourth-order valence-electron chi connectivity index (χ4n) is 1.03. The molecule has 0 amide bonds. The van der Waals surface area contributed by atoms with Crippen molar-refractivity contribution in [1.29, 1.82) is 0 Å². The van der Waals surface area contributed by atoms with Crippen LogP contribution in [0, 0.1) is 0 Å². The standard InChI is InChI=1S/C8H11BrN2O/c1-4(10)7-5(9)2-3-6(11)8(7)12/h2-4,12H,10-11H2,1H3/t4-/m1/s1. The molecule has 0 radical (unpaired) electrons. The van der Waals surface area contributed by atoms with Crippen LogP contribution < -0.4 is 11.5 Å². The van der Waals surface area contributed by atoms with Gasteiger partial charge in [-0.25, -0.2) is 0 Å². The first-order valence-corrected chi connectivity index (χ1v) is 4.35. The van der Waals surface area contributed by atoms with Gasteiger partial charge in [0.2, 0.25) is 0 Å². The highest BCUT2D eigenvalue weighted by atomic mass is 79.9. The Morgan fingerprint density at radius 2 is 2.08 bits per heavy atom. The maximum absolute atomic E-state index is 9.51. The van der Waals surface area contributed by atoms with Crippen LogP contribution >= 0.6 is 15.9 Å². The fraction of sp³-hybridized carbons (Fsp3) is 0.250. The van der Waals surface area contributed by atoms with Crippen LogP contribution in [0.3, 0.4) is 0 Å². The van der Waals surface area contributed by atoms with Gasteiger partial charge >= 0.3 is 0 Å². The van der Waals surface area contributed by atoms with Gasteiger partial charge in [0, 0.05) is 16.1 Å². The van der Waals surface area contributed by atoms with Crippen LogP contribution in [0.1, 0.15) is 18.5 Å². The molecule has 0 saturated heterocycles. The average molecular weight is 231 g/mol. The Labute approximate surface area is 79.5 Å². The largest absolute Gasteiger partial charge is 0.505 e. The number of aromatic hydroxyl groups is 1. The summed E-state index contributed by atoms with van der Waals surface area (Å²) in [5, 5.41) is 9.51. The summed E-state index contributed by atoms with van der Waals surface area (Å²) in [6.07, 6.45) is 0. The molecule has 5 N–H and O–H groups in total. The van der Waals surface area contributed by atoms with E-state index >= 15 is 0 Å². The van der Waals surface area contributed by atoms with Crippen molar-refractivity contribution in [2.24, 2.45) is 5.73 Å². The predicted molar refractivity (Wildman–Crippen MR) is 52.8 cm³/mol. The molecule has 0 aromatic heterocycles. The first-order chi connectivity index (χ1) is 5.54. The molecule has 0 aliphatic heterocycles. The van der Waals surface area contributed by atoms with Gasteiger partial charge in [-0.3, -0.25) is 0 Å². The Balaban J connectivity index is 3.33. The lowest BCUT2D eigenvalue weighted by molar-refractivity contribution is 0.466. The van der Waals surface area contributed by atoms with Crippen molar-refractivity contribution >= 4 is 21.6 Å². The first-order valence-electron chi connectivity index (χ1n) is 3.56. The molecule has 1 atom stereocenters. The van der Waals surface area contributed by atoms with E-state index in [1.807, 2.05) is 0 Å². The minimum Gasteiger partial charge on any atom is -0.505 e. The molecule has 1 aromatic rings. The third-order valence-corrected chi connectivity index (χ3v) is 2.34. The number of rotatable bonds is 1. The number of halogens is 1. The summed E-state index contributed by atoms with van der Waals surface area (Å²) >= 11 is 3.29. The summed E-state index contributed by atoms with van der Waals surface area (Å²) in [6.45, 7) is 1.79. The van der Waals surface area contributed by atoms with Crippen LogP contribution in [0.15, 0.2) is 16.6 Å². The SMILES string of the molecule is C[C@@H](N)c1c(Br)ccc(N)c1O. The van der Waals surface area contributed by atoms with Crippen molar-refractivity contribution < 1.29 is 5.11 Å². The van der Waals surface area contributed by atoms with Crippen LogP contribution in [0.25, 0.3) is 0 Å². The van der Waals surface area contributed by atoms with Gasteiger partial charge in [-0.1, -0.05) is 15.9 Å². The molecule has 0 unspecified atom stereocenters. The number of anilines is 1. The molecule has 4 heteroatoms. The van der Waals surface area contributed by atoms with Crippen molar-refractivity contribution in [2.45, 2.75) is 13.0 Å². The van der Waals surface area contributed by atoms with E-state index in [-0.39, 0.29) is 11.8 Å². The molecule has 1 rings (SSSR count). The molecule has 0 spiro atoms. The molecule has 0 fully saturated rings. The molecule has 0 heterocycles. The average Bonchev–Trinajstić information content (AvgIpc) is 1.97. The second-order valence-electron chi connectivity index (χ2n) is 2.69. The normalized spacial score (nSPS) is 12.9. The minimum atomic E-state index is -0.233. The summed E-state index contributed by atoms with van der Waals surface area (Å²) in [6, 6.07) is 3.17. The third-order valence-electron chi connectivity index (χ3n) is 1.65. The number of phenols is 1. The molecular weight excluding hydrogens is 220 g/mol. The number of phenolic OH excluding ortho intramolecular Hbond substituents is 1. The number of nitrogens with two attached hydrogens (primary N) is 2. The summed E-state index contributed by atoms with van der Waals surface area (Å²) in [5.74, 6) is 0.0689. The zero-order valence-electron chi connectivity index (χ0n) is 6.71. The number of hydrogen-bond donors (Lipinski definition) is 3. The maximum Gasteiger partial charge on any atom is 0.144 e. The quantitative estimate of drug-likeness (QED) is 0.509. The highest BCUT2D eigenvalue weighted by Crippen LogP contribution is 2.34. The Bertz CT molecular complexity index is 299. The molecule has 0 bridgehead atoms. The van der Waals surface area contributed by atoms with E-state index in [0.717, 1.165) is 4.47 Å². The second-order valence-corrected chi connectivity index (χ2v) is 3.54. The van der Waals surface area contributed by atoms with Gasteiger partial charge in [0.1, 0.15) is 5.75 Å². The molecule has 3 nitrogen and oxygen atoms in total. The monoisotopic (exact) mass is 230 g/mol. The van der Waals surface area contributed by atoms with Gasteiger partial charge in [-0.2, -0.15) is 0 Å². The second kappa shape index (κ2) is 3.33. The molecule has 0 saturated carbocycles. The van der Waals surface area contributed by atoms with E-state index in [9.17, 15) is 5.11 Å². The highest BCUT2D eigenvalue weighted by Gasteiger charge is 2.12. The minimum absolute atomic E-state index is 0.0689. The Kier molecular flexibility index (Phi) is 2.59. The van der Waals surface area contributed by atoms with Crippen LogP contribution in [0.2, 0.25) is 0 Å². The van der Waals surface area contributed by atoms with Crippen molar-refractivity contribution in [3.8, 4) is 5.75 Å². The van der Waals surface area contributed by atoms with Crippen LogP contribution in [-0.2, 0) is 0 Å². The predicted octanol–water partition coefficient (Wildman–Crippen LogP) is 1.76. The Morgan fingerprint density at radius 1 is 1.50 bits per heavy atom. The number of nitrogen functional groups attached to an aromatic ring is 1. The van der Waals surface area contributed by atoms with Crippen LogP contribution in [0.5, 0.6) is 5.75 Å². The molecule has 12 heavy (non-hydrogen) atoms. The van der Waals surface area contributed by atoms with Crippen LogP contribution in [0.4, 0.5) is 5.69 Å². The van der Waals surface area contributed by atoms with Gasteiger partial charge < -0.3 is 16.6 Å². The highest BCUT2D eigenvalue weighted by molar-refractivity contribution is 9.10. The Morgan fingerprint density at radius 3 is 2.50 bits per heavy atom. The summed E-state index contributed by atoms with van der Waals surface area (Å²) in [7, 11) is 0. The number of benzene rings is 1. The zero-order chi connectivity index (χ0) is 9.30. The summed E-state index contributed by atoms with van der Waals surface area (Å²) in [5.41, 5.74) is 12.1. The zero-order valence-corrected chi connectivity index (χ0v) is 8.30. The lowest BCUT2D eigenvalue weighted by Gasteiger charge is -2.12. The summed E-state index contributed by atoms with van der Waals surface area (Å²) < 4.78 is 0.782. The summed E-state index contributed by atoms with van der Waals surface area (Å²) in [4.78, 5) is 0. The van der Waals surface area contributed by atoms with E-state index in [1.54, 1.807) is 19.1 Å². The first kappa shape index (κ1) is 9.35. The van der Waals surface area contributed by atoms with Crippen molar-refractivity contribution in [3.05, 3.63) is 22.2 Å². The van der Waals surface area contributed by atoms with E-state index in [2.05, 4.69) is 15.9 Å². The smallest absolute Gasteiger partial charge is 0.144 e. The van der Waals surface area contributed by atoms with E-state index < -0.39 is 0 Å². The lowest BCUT2D eigenvalue weighted by atomic mass is 10.1. The lowest BCUT2D eigenvalue weighted by Crippen LogP contribution is -2.07.